The first-order valence-electron chi connectivity index (χ1n) is 9.04. The Balaban J connectivity index is 1.72. The van der Waals surface area contributed by atoms with Crippen molar-refractivity contribution in [1.29, 1.82) is 0 Å². The fraction of sp³-hybridized carbons (Fsp3) is 0.182. The molecule has 0 aromatic heterocycles. The summed E-state index contributed by atoms with van der Waals surface area (Å²) in [6, 6.07) is 24.9. The standard InChI is InChI=1S/C22H23FN4/c23-18-11-12-19-20(13-18)26(14-16-7-3-1-4-8-16)22(25)27(21(19)24)15-17-9-5-2-6-10-17/h1-13,21-22H,14-15,24-25H2. The molecule has 0 bridgehead atoms. The van der Waals surface area contributed by atoms with Gasteiger partial charge in [0, 0.05) is 24.3 Å². The highest BCUT2D eigenvalue weighted by atomic mass is 19.1. The maximum atomic E-state index is 14.0. The highest BCUT2D eigenvalue weighted by molar-refractivity contribution is 5.58. The molecule has 1 heterocycles. The lowest BCUT2D eigenvalue weighted by molar-refractivity contribution is 0.112. The van der Waals surface area contributed by atoms with E-state index in [9.17, 15) is 4.39 Å². The van der Waals surface area contributed by atoms with Gasteiger partial charge in [0.25, 0.3) is 0 Å². The number of hydrogen-bond acceptors (Lipinski definition) is 4. The van der Waals surface area contributed by atoms with Gasteiger partial charge in [-0.25, -0.2) is 9.29 Å². The molecule has 27 heavy (non-hydrogen) atoms. The summed E-state index contributed by atoms with van der Waals surface area (Å²) in [5.41, 5.74) is 17.0. The van der Waals surface area contributed by atoms with Gasteiger partial charge in [-0.3, -0.25) is 5.73 Å². The summed E-state index contributed by atoms with van der Waals surface area (Å²) in [5.74, 6) is -0.289. The molecule has 4 rings (SSSR count). The van der Waals surface area contributed by atoms with Crippen molar-refractivity contribution in [2.75, 3.05) is 4.90 Å². The van der Waals surface area contributed by atoms with E-state index in [2.05, 4.69) is 12.1 Å². The summed E-state index contributed by atoms with van der Waals surface area (Å²) in [4.78, 5) is 4.05. The third-order valence-electron chi connectivity index (χ3n) is 5.04. The quantitative estimate of drug-likeness (QED) is 0.745. The fourth-order valence-corrected chi connectivity index (χ4v) is 3.63. The lowest BCUT2D eigenvalue weighted by Gasteiger charge is -2.47. The van der Waals surface area contributed by atoms with Gasteiger partial charge in [-0.1, -0.05) is 66.7 Å². The van der Waals surface area contributed by atoms with Crippen LogP contribution in [0.4, 0.5) is 10.1 Å². The fourth-order valence-electron chi connectivity index (χ4n) is 3.63. The van der Waals surface area contributed by atoms with Crippen LogP contribution in [0.1, 0.15) is 22.9 Å². The van der Waals surface area contributed by atoms with Gasteiger partial charge in [0.15, 0.2) is 0 Å². The van der Waals surface area contributed by atoms with Crippen LogP contribution in [0.5, 0.6) is 0 Å². The van der Waals surface area contributed by atoms with Crippen LogP contribution >= 0.6 is 0 Å². The summed E-state index contributed by atoms with van der Waals surface area (Å²) in [5, 5.41) is 0. The van der Waals surface area contributed by atoms with Crippen LogP contribution in [-0.4, -0.2) is 11.2 Å². The van der Waals surface area contributed by atoms with Crippen LogP contribution in [0.3, 0.4) is 0 Å². The molecule has 0 amide bonds. The molecule has 3 aromatic carbocycles. The predicted octanol–water partition coefficient (Wildman–Crippen LogP) is 3.55. The van der Waals surface area contributed by atoms with E-state index in [1.807, 2.05) is 58.3 Å². The first-order valence-corrected chi connectivity index (χ1v) is 9.04. The molecule has 0 aliphatic carbocycles. The van der Waals surface area contributed by atoms with E-state index in [0.717, 1.165) is 22.4 Å². The Kier molecular flexibility index (Phi) is 4.90. The second-order valence-corrected chi connectivity index (χ2v) is 6.83. The Labute approximate surface area is 158 Å². The summed E-state index contributed by atoms with van der Waals surface area (Å²) < 4.78 is 14.0. The molecule has 4 N–H and O–H groups in total. The number of fused-ring (bicyclic) bond motifs is 1. The molecule has 0 spiro atoms. The van der Waals surface area contributed by atoms with Gasteiger partial charge < -0.3 is 10.6 Å². The molecule has 0 fully saturated rings. The number of nitrogens with zero attached hydrogens (tertiary/aromatic N) is 2. The minimum Gasteiger partial charge on any atom is -0.339 e. The molecule has 0 saturated carbocycles. The molecule has 1 aliphatic heterocycles. The lowest BCUT2D eigenvalue weighted by Crippen LogP contribution is -2.59. The number of rotatable bonds is 4. The van der Waals surface area contributed by atoms with E-state index in [0.29, 0.717) is 13.1 Å². The highest BCUT2D eigenvalue weighted by Crippen LogP contribution is 2.37. The van der Waals surface area contributed by atoms with Gasteiger partial charge >= 0.3 is 0 Å². The molecule has 0 saturated heterocycles. The topological polar surface area (TPSA) is 58.5 Å². The van der Waals surface area contributed by atoms with Gasteiger partial charge in [0.1, 0.15) is 12.1 Å². The third-order valence-corrected chi connectivity index (χ3v) is 5.04. The number of nitrogens with two attached hydrogens (primary N) is 2. The predicted molar refractivity (Wildman–Crippen MR) is 106 cm³/mol. The van der Waals surface area contributed by atoms with Crippen molar-refractivity contribution in [1.82, 2.24) is 4.90 Å². The van der Waals surface area contributed by atoms with Gasteiger partial charge in [0.05, 0.1) is 6.17 Å². The second-order valence-electron chi connectivity index (χ2n) is 6.83. The van der Waals surface area contributed by atoms with Crippen LogP contribution in [0, 0.1) is 5.82 Å². The molecule has 2 unspecified atom stereocenters. The molecule has 4 nitrogen and oxygen atoms in total. The van der Waals surface area contributed by atoms with Crippen LogP contribution in [-0.2, 0) is 13.1 Å². The summed E-state index contributed by atoms with van der Waals surface area (Å²) >= 11 is 0. The number of hydrogen-bond donors (Lipinski definition) is 2. The van der Waals surface area contributed by atoms with Crippen molar-refractivity contribution in [2.45, 2.75) is 25.5 Å². The smallest absolute Gasteiger partial charge is 0.136 e. The molecule has 138 valence electrons. The van der Waals surface area contributed by atoms with Crippen molar-refractivity contribution in [3.05, 3.63) is 101 Å². The van der Waals surface area contributed by atoms with Gasteiger partial charge in [-0.15, -0.1) is 0 Å². The zero-order valence-electron chi connectivity index (χ0n) is 15.0. The van der Waals surface area contributed by atoms with Crippen molar-refractivity contribution in [2.24, 2.45) is 11.5 Å². The molecule has 0 radical (unpaired) electrons. The van der Waals surface area contributed by atoms with Gasteiger partial charge in [0.2, 0.25) is 0 Å². The van der Waals surface area contributed by atoms with Crippen molar-refractivity contribution in [3.63, 3.8) is 0 Å². The van der Waals surface area contributed by atoms with Crippen LogP contribution in [0.25, 0.3) is 0 Å². The van der Waals surface area contributed by atoms with E-state index in [1.165, 1.54) is 12.1 Å². The minimum atomic E-state index is -0.463. The molecule has 2 atom stereocenters. The maximum absolute atomic E-state index is 14.0. The van der Waals surface area contributed by atoms with Crippen molar-refractivity contribution >= 4 is 5.69 Å². The monoisotopic (exact) mass is 362 g/mol. The van der Waals surface area contributed by atoms with Gasteiger partial charge in [-0.05, 0) is 23.3 Å². The lowest BCUT2D eigenvalue weighted by atomic mass is 10.0. The van der Waals surface area contributed by atoms with Crippen molar-refractivity contribution in [3.8, 4) is 0 Å². The first-order chi connectivity index (χ1) is 13.1. The Morgan fingerprint density at radius 1 is 0.778 bits per heavy atom. The second kappa shape index (κ2) is 7.48. The first kappa shape index (κ1) is 17.7. The Hall–Kier alpha value is -2.73. The molecular formula is C22H23FN4. The molecule has 5 heteroatoms. The Morgan fingerprint density at radius 3 is 2.00 bits per heavy atom. The van der Waals surface area contributed by atoms with E-state index in [-0.39, 0.29) is 5.82 Å². The van der Waals surface area contributed by atoms with E-state index < -0.39 is 12.5 Å². The summed E-state index contributed by atoms with van der Waals surface area (Å²) in [6.07, 6.45) is -0.863. The van der Waals surface area contributed by atoms with E-state index >= 15 is 0 Å². The van der Waals surface area contributed by atoms with E-state index in [1.54, 1.807) is 6.07 Å². The number of benzene rings is 3. The number of halogens is 1. The number of anilines is 1. The Morgan fingerprint density at radius 2 is 1.37 bits per heavy atom. The van der Waals surface area contributed by atoms with Crippen molar-refractivity contribution < 1.29 is 4.39 Å². The molecule has 1 aliphatic rings. The van der Waals surface area contributed by atoms with E-state index in [4.69, 9.17) is 11.5 Å². The maximum Gasteiger partial charge on any atom is 0.136 e. The molecule has 3 aromatic rings. The SMILES string of the molecule is NC1c2ccc(F)cc2N(Cc2ccccc2)C(N)N1Cc1ccccc1. The average molecular weight is 362 g/mol. The van der Waals surface area contributed by atoms with Crippen LogP contribution in [0.15, 0.2) is 78.9 Å². The van der Waals surface area contributed by atoms with Crippen LogP contribution < -0.4 is 16.4 Å². The Bertz CT molecular complexity index is 901. The minimum absolute atomic E-state index is 0.289. The zero-order valence-corrected chi connectivity index (χ0v) is 15.0. The average Bonchev–Trinajstić information content (AvgIpc) is 2.70. The third kappa shape index (κ3) is 3.57. The zero-order chi connectivity index (χ0) is 18.8. The highest BCUT2D eigenvalue weighted by Gasteiger charge is 2.35. The van der Waals surface area contributed by atoms with Crippen LogP contribution in [0.2, 0.25) is 0 Å². The normalized spacial score (nSPS) is 19.7. The summed E-state index contributed by atoms with van der Waals surface area (Å²) in [6.45, 7) is 1.20. The largest absolute Gasteiger partial charge is 0.339 e. The molecular weight excluding hydrogens is 339 g/mol. The van der Waals surface area contributed by atoms with Gasteiger partial charge in [-0.2, -0.15) is 0 Å². The summed E-state index contributed by atoms with van der Waals surface area (Å²) in [7, 11) is 0.